The van der Waals surface area contributed by atoms with Crippen LogP contribution in [0.4, 0.5) is 0 Å². The Kier molecular flexibility index (Phi) is 4.67. The minimum absolute atomic E-state index is 0.00113. The zero-order chi connectivity index (χ0) is 11.4. The molecule has 0 fully saturated rings. The van der Waals surface area contributed by atoms with E-state index in [0.717, 1.165) is 16.5 Å². The predicted octanol–water partition coefficient (Wildman–Crippen LogP) is 4.15. The highest BCUT2D eigenvalue weighted by Crippen LogP contribution is 2.21. The largest absolute Gasteiger partial charge is 0.292 e. The van der Waals surface area contributed by atoms with E-state index in [1.54, 1.807) is 6.20 Å². The molecule has 0 aliphatic heterocycles. The van der Waals surface area contributed by atoms with Crippen LogP contribution >= 0.6 is 31.9 Å². The highest BCUT2D eigenvalue weighted by molar-refractivity contribution is 9.11. The third kappa shape index (κ3) is 3.54. The van der Waals surface area contributed by atoms with Crippen LogP contribution < -0.4 is 0 Å². The molecule has 0 radical (unpaired) electrons. The van der Waals surface area contributed by atoms with E-state index in [1.165, 1.54) is 0 Å². The molecule has 0 unspecified atom stereocenters. The van der Waals surface area contributed by atoms with Crippen LogP contribution in [0.25, 0.3) is 0 Å². The second kappa shape index (κ2) is 5.56. The van der Waals surface area contributed by atoms with Crippen molar-refractivity contribution in [2.24, 2.45) is 0 Å². The number of nitrogens with zero attached hydrogens (tertiary/aromatic N) is 1. The smallest absolute Gasteiger partial charge is 0.186 e. The lowest BCUT2D eigenvalue weighted by Gasteiger charge is -2.04. The summed E-state index contributed by atoms with van der Waals surface area (Å²) in [7, 11) is 0. The first-order chi connectivity index (χ1) is 7.04. The molecule has 0 N–H and O–H groups in total. The van der Waals surface area contributed by atoms with Gasteiger partial charge in [0.15, 0.2) is 5.78 Å². The zero-order valence-corrected chi connectivity index (χ0v) is 11.6. The van der Waals surface area contributed by atoms with E-state index >= 15 is 0 Å². The lowest BCUT2D eigenvalue weighted by molar-refractivity contribution is 0.0987. The number of allylic oxidation sites excluding steroid dienone is 1. The second-order valence-electron chi connectivity index (χ2n) is 3.19. The molecule has 0 spiro atoms. The van der Waals surface area contributed by atoms with E-state index < -0.39 is 0 Å². The van der Waals surface area contributed by atoms with Crippen LogP contribution in [0, 0.1) is 0 Å². The minimum Gasteiger partial charge on any atom is -0.292 e. The molecule has 0 atom stereocenters. The van der Waals surface area contributed by atoms with E-state index in [1.807, 2.05) is 13.0 Å². The SMILES string of the molecule is C=C(CC)CC(=O)c1ncc(Br)cc1Br. The normalized spacial score (nSPS) is 10.1. The Bertz CT molecular complexity index is 402. The van der Waals surface area contributed by atoms with Crippen LogP contribution in [0.5, 0.6) is 0 Å². The summed E-state index contributed by atoms with van der Waals surface area (Å²) in [6.07, 6.45) is 2.80. The van der Waals surface area contributed by atoms with Crippen molar-refractivity contribution in [1.29, 1.82) is 0 Å². The van der Waals surface area contributed by atoms with E-state index in [9.17, 15) is 4.79 Å². The number of carbonyl (C=O) groups excluding carboxylic acids is 1. The molecule has 4 heteroatoms. The molecule has 1 rings (SSSR count). The Morgan fingerprint density at radius 3 is 2.73 bits per heavy atom. The summed E-state index contributed by atoms with van der Waals surface area (Å²) in [6.45, 7) is 5.80. The van der Waals surface area contributed by atoms with Crippen molar-refractivity contribution in [2.75, 3.05) is 0 Å². The molecule has 0 aliphatic rings. The summed E-state index contributed by atoms with van der Waals surface area (Å²) in [4.78, 5) is 15.9. The average Bonchev–Trinajstić information content (AvgIpc) is 2.17. The number of aromatic nitrogens is 1. The highest BCUT2D eigenvalue weighted by atomic mass is 79.9. The van der Waals surface area contributed by atoms with Gasteiger partial charge in [0.2, 0.25) is 0 Å². The molecule has 1 aromatic rings. The van der Waals surface area contributed by atoms with E-state index in [4.69, 9.17) is 0 Å². The average molecular weight is 333 g/mol. The molecule has 0 bridgehead atoms. The zero-order valence-electron chi connectivity index (χ0n) is 8.39. The number of carbonyl (C=O) groups is 1. The maximum absolute atomic E-state index is 11.8. The van der Waals surface area contributed by atoms with Gasteiger partial charge in [-0.3, -0.25) is 9.78 Å². The predicted molar refractivity (Wildman–Crippen MR) is 68.0 cm³/mol. The summed E-state index contributed by atoms with van der Waals surface area (Å²) in [5.74, 6) is 0.00113. The van der Waals surface area contributed by atoms with Crippen molar-refractivity contribution in [3.63, 3.8) is 0 Å². The van der Waals surface area contributed by atoms with Crippen molar-refractivity contribution < 1.29 is 4.79 Å². The van der Waals surface area contributed by atoms with Crippen LogP contribution in [0.1, 0.15) is 30.3 Å². The van der Waals surface area contributed by atoms with Gasteiger partial charge in [-0.15, -0.1) is 0 Å². The van der Waals surface area contributed by atoms with Crippen molar-refractivity contribution in [3.05, 3.63) is 39.1 Å². The number of Topliss-reactive ketones (excluding diaryl/α,β-unsaturated/α-hetero) is 1. The first kappa shape index (κ1) is 12.6. The van der Waals surface area contributed by atoms with Crippen LogP contribution in [-0.4, -0.2) is 10.8 Å². The molecule has 15 heavy (non-hydrogen) atoms. The van der Waals surface area contributed by atoms with Gasteiger partial charge in [-0.2, -0.15) is 0 Å². The number of hydrogen-bond donors (Lipinski definition) is 0. The quantitative estimate of drug-likeness (QED) is 0.612. The van der Waals surface area contributed by atoms with Gasteiger partial charge < -0.3 is 0 Å². The monoisotopic (exact) mass is 331 g/mol. The van der Waals surface area contributed by atoms with E-state index in [2.05, 4.69) is 43.4 Å². The summed E-state index contributed by atoms with van der Waals surface area (Å²) in [6, 6.07) is 1.81. The van der Waals surface area contributed by atoms with Crippen LogP contribution in [0.3, 0.4) is 0 Å². The summed E-state index contributed by atoms with van der Waals surface area (Å²) >= 11 is 6.61. The fourth-order valence-corrected chi connectivity index (χ4v) is 2.26. The van der Waals surface area contributed by atoms with Gasteiger partial charge in [0.1, 0.15) is 5.69 Å². The first-order valence-electron chi connectivity index (χ1n) is 4.55. The second-order valence-corrected chi connectivity index (χ2v) is 4.96. The highest BCUT2D eigenvalue weighted by Gasteiger charge is 2.12. The van der Waals surface area contributed by atoms with Gasteiger partial charge in [0.25, 0.3) is 0 Å². The lowest BCUT2D eigenvalue weighted by Crippen LogP contribution is -2.04. The number of hydrogen-bond acceptors (Lipinski definition) is 2. The number of rotatable bonds is 4. The van der Waals surface area contributed by atoms with Crippen molar-refractivity contribution in [3.8, 4) is 0 Å². The summed E-state index contributed by atoms with van der Waals surface area (Å²) in [5.41, 5.74) is 1.39. The van der Waals surface area contributed by atoms with E-state index in [-0.39, 0.29) is 5.78 Å². The van der Waals surface area contributed by atoms with Crippen LogP contribution in [-0.2, 0) is 0 Å². The summed E-state index contributed by atoms with van der Waals surface area (Å²) in [5, 5.41) is 0. The Balaban J connectivity index is 2.87. The van der Waals surface area contributed by atoms with Crippen LogP contribution in [0.2, 0.25) is 0 Å². The fraction of sp³-hybridized carbons (Fsp3) is 0.273. The van der Waals surface area contributed by atoms with E-state index in [0.29, 0.717) is 16.6 Å². The van der Waals surface area contributed by atoms with Gasteiger partial charge in [-0.05, 0) is 44.3 Å². The maximum Gasteiger partial charge on any atom is 0.186 e. The first-order valence-corrected chi connectivity index (χ1v) is 6.14. The molecule has 1 aromatic heterocycles. The van der Waals surface area contributed by atoms with Crippen LogP contribution in [0.15, 0.2) is 33.4 Å². The molecular formula is C11H11Br2NO. The molecule has 0 amide bonds. The molecule has 0 saturated heterocycles. The molecule has 0 aliphatic carbocycles. The summed E-state index contributed by atoms with van der Waals surface area (Å²) < 4.78 is 1.56. The number of ketones is 1. The Morgan fingerprint density at radius 2 is 2.20 bits per heavy atom. The third-order valence-electron chi connectivity index (χ3n) is 1.98. The molecular weight excluding hydrogens is 322 g/mol. The lowest BCUT2D eigenvalue weighted by atomic mass is 10.1. The number of pyridine rings is 1. The Hall–Kier alpha value is -0.480. The van der Waals surface area contributed by atoms with Crippen molar-refractivity contribution >= 4 is 37.6 Å². The van der Waals surface area contributed by atoms with Gasteiger partial charge in [-0.25, -0.2) is 0 Å². The van der Waals surface area contributed by atoms with Gasteiger partial charge >= 0.3 is 0 Å². The van der Waals surface area contributed by atoms with Crippen molar-refractivity contribution in [2.45, 2.75) is 19.8 Å². The third-order valence-corrected chi connectivity index (χ3v) is 3.02. The molecule has 1 heterocycles. The fourth-order valence-electron chi connectivity index (χ4n) is 1.06. The minimum atomic E-state index is 0.00113. The Morgan fingerprint density at radius 1 is 1.53 bits per heavy atom. The topological polar surface area (TPSA) is 30.0 Å². The van der Waals surface area contributed by atoms with Gasteiger partial charge in [-0.1, -0.05) is 19.1 Å². The molecule has 80 valence electrons. The molecule has 0 aromatic carbocycles. The standard InChI is InChI=1S/C11H11Br2NO/c1-3-7(2)4-10(15)11-9(13)5-8(12)6-14-11/h5-6H,2-4H2,1H3. The maximum atomic E-state index is 11.8. The van der Waals surface area contributed by atoms with Crippen molar-refractivity contribution in [1.82, 2.24) is 4.98 Å². The van der Waals surface area contributed by atoms with Gasteiger partial charge in [0.05, 0.1) is 0 Å². The Labute approximate surface area is 106 Å². The van der Waals surface area contributed by atoms with Gasteiger partial charge in [0, 0.05) is 21.6 Å². The molecule has 2 nitrogen and oxygen atoms in total. The number of halogens is 2. The molecule has 0 saturated carbocycles.